The van der Waals surface area contributed by atoms with Gasteiger partial charge in [0.25, 0.3) is 11.6 Å². The van der Waals surface area contributed by atoms with E-state index in [9.17, 15) is 14.9 Å². The van der Waals surface area contributed by atoms with Gasteiger partial charge in [0.1, 0.15) is 5.69 Å². The van der Waals surface area contributed by atoms with Crippen molar-refractivity contribution in [3.63, 3.8) is 0 Å². The largest absolute Gasteiger partial charge is 0.351 e. The first-order valence-electron chi connectivity index (χ1n) is 6.38. The number of carbonyl (C=O) groups excluding carboxylic acids is 1. The molecule has 1 aliphatic rings. The molecule has 1 fully saturated rings. The number of likely N-dealkylation sites (tertiary alicyclic amines) is 1. The van der Waals surface area contributed by atoms with Crippen LogP contribution in [0.4, 0.5) is 5.69 Å². The molecule has 0 atom stereocenters. The first-order valence-corrected chi connectivity index (χ1v) is 6.38. The van der Waals surface area contributed by atoms with E-state index in [0.29, 0.717) is 24.7 Å². The van der Waals surface area contributed by atoms with Crippen molar-refractivity contribution in [1.82, 2.24) is 15.2 Å². The molecule has 0 aliphatic carbocycles. The fourth-order valence-electron chi connectivity index (χ4n) is 2.41. The molecule has 0 bridgehead atoms. The predicted octanol–water partition coefficient (Wildman–Crippen LogP) is 0.994. The summed E-state index contributed by atoms with van der Waals surface area (Å²) in [4.78, 5) is 26.7. The van der Waals surface area contributed by atoms with Crippen molar-refractivity contribution in [3.8, 4) is 0 Å². The monoisotopic (exact) mass is 266 g/mol. The quantitative estimate of drug-likeness (QED) is 0.628. The van der Waals surface area contributed by atoms with Gasteiger partial charge in [-0.3, -0.25) is 14.9 Å². The minimum atomic E-state index is -0.508. The van der Waals surface area contributed by atoms with Crippen LogP contribution in [0.15, 0.2) is 12.3 Å². The Labute approximate surface area is 111 Å². The average molecular weight is 266 g/mol. The molecule has 2 N–H and O–H groups in total. The highest BCUT2D eigenvalue weighted by atomic mass is 16.6. The van der Waals surface area contributed by atoms with Crippen molar-refractivity contribution in [3.05, 3.63) is 28.1 Å². The van der Waals surface area contributed by atoms with Crippen LogP contribution < -0.4 is 5.32 Å². The number of nitrogens with zero attached hydrogens (tertiary/aromatic N) is 2. The summed E-state index contributed by atoms with van der Waals surface area (Å²) in [7, 11) is 1.93. The fourth-order valence-corrected chi connectivity index (χ4v) is 2.41. The van der Waals surface area contributed by atoms with Gasteiger partial charge in [-0.25, -0.2) is 0 Å². The Morgan fingerprint density at radius 2 is 2.26 bits per heavy atom. The second-order valence-electron chi connectivity index (χ2n) is 4.82. The Morgan fingerprint density at radius 3 is 2.79 bits per heavy atom. The summed E-state index contributed by atoms with van der Waals surface area (Å²) >= 11 is 0. The lowest BCUT2D eigenvalue weighted by Crippen LogP contribution is -2.40. The van der Waals surface area contributed by atoms with Crippen LogP contribution in [0, 0.1) is 16.0 Å². The molecule has 0 aromatic carbocycles. The number of H-pyrrole nitrogens is 1. The van der Waals surface area contributed by atoms with E-state index in [1.54, 1.807) is 4.90 Å². The van der Waals surface area contributed by atoms with Crippen molar-refractivity contribution in [2.75, 3.05) is 26.7 Å². The number of nitro groups is 1. The second-order valence-corrected chi connectivity index (χ2v) is 4.82. The first-order chi connectivity index (χ1) is 9.11. The Kier molecular flexibility index (Phi) is 4.16. The number of amides is 1. The van der Waals surface area contributed by atoms with Crippen LogP contribution in [-0.4, -0.2) is 47.4 Å². The Morgan fingerprint density at radius 1 is 1.58 bits per heavy atom. The van der Waals surface area contributed by atoms with Crippen LogP contribution in [0.25, 0.3) is 0 Å². The highest BCUT2D eigenvalue weighted by molar-refractivity contribution is 5.93. The molecule has 104 valence electrons. The molecule has 0 saturated carbocycles. The molecular formula is C12H18N4O3. The van der Waals surface area contributed by atoms with Gasteiger partial charge in [-0.15, -0.1) is 0 Å². The number of aromatic amines is 1. The topological polar surface area (TPSA) is 91.3 Å². The maximum atomic E-state index is 12.2. The zero-order chi connectivity index (χ0) is 13.8. The van der Waals surface area contributed by atoms with Crippen molar-refractivity contribution in [2.45, 2.75) is 12.8 Å². The molecule has 1 amide bonds. The Hall–Kier alpha value is -1.89. The summed E-state index contributed by atoms with van der Waals surface area (Å²) in [5.74, 6) is 0.447. The normalized spacial score (nSPS) is 16.6. The lowest BCUT2D eigenvalue weighted by molar-refractivity contribution is -0.384. The molecule has 0 unspecified atom stereocenters. The third-order valence-corrected chi connectivity index (χ3v) is 3.50. The molecule has 19 heavy (non-hydrogen) atoms. The van der Waals surface area contributed by atoms with Gasteiger partial charge in [0, 0.05) is 19.2 Å². The minimum Gasteiger partial charge on any atom is -0.351 e. The summed E-state index contributed by atoms with van der Waals surface area (Å²) in [6.07, 6.45) is 3.19. The fraction of sp³-hybridized carbons (Fsp3) is 0.583. The van der Waals surface area contributed by atoms with E-state index in [4.69, 9.17) is 0 Å². The van der Waals surface area contributed by atoms with Gasteiger partial charge in [0.15, 0.2) is 0 Å². The summed E-state index contributed by atoms with van der Waals surface area (Å²) in [6, 6.07) is 1.29. The molecular weight excluding hydrogens is 248 g/mol. The average Bonchev–Trinajstić information content (AvgIpc) is 2.89. The summed E-state index contributed by atoms with van der Waals surface area (Å²) in [5, 5.41) is 13.7. The van der Waals surface area contributed by atoms with Gasteiger partial charge < -0.3 is 15.2 Å². The maximum Gasteiger partial charge on any atom is 0.287 e. The van der Waals surface area contributed by atoms with E-state index in [-0.39, 0.29) is 11.6 Å². The predicted molar refractivity (Wildman–Crippen MR) is 70.0 cm³/mol. The molecule has 2 rings (SSSR count). The molecule has 1 aliphatic heterocycles. The number of aromatic nitrogens is 1. The van der Waals surface area contributed by atoms with E-state index >= 15 is 0 Å². The van der Waals surface area contributed by atoms with Crippen LogP contribution >= 0.6 is 0 Å². The van der Waals surface area contributed by atoms with Crippen LogP contribution in [0.2, 0.25) is 0 Å². The second kappa shape index (κ2) is 5.83. The van der Waals surface area contributed by atoms with Crippen molar-refractivity contribution < 1.29 is 9.72 Å². The number of hydrogen-bond acceptors (Lipinski definition) is 4. The standard InChI is InChI=1S/C12H18N4O3/c1-13-7-9-2-4-15(5-3-9)12(17)11-6-10(8-14-11)16(18)19/h6,8-9,13-14H,2-5,7H2,1H3. The van der Waals surface area contributed by atoms with E-state index in [0.717, 1.165) is 19.4 Å². The van der Waals surface area contributed by atoms with Gasteiger partial charge in [-0.1, -0.05) is 0 Å². The maximum absolute atomic E-state index is 12.2. The van der Waals surface area contributed by atoms with Crippen molar-refractivity contribution in [1.29, 1.82) is 0 Å². The number of carbonyl (C=O) groups is 1. The molecule has 1 aromatic heterocycles. The zero-order valence-corrected chi connectivity index (χ0v) is 10.9. The molecule has 0 spiro atoms. The van der Waals surface area contributed by atoms with Gasteiger partial charge >= 0.3 is 0 Å². The highest BCUT2D eigenvalue weighted by Crippen LogP contribution is 2.19. The highest BCUT2D eigenvalue weighted by Gasteiger charge is 2.25. The SMILES string of the molecule is CNCC1CCN(C(=O)c2cc([N+](=O)[O-])c[nH]2)CC1. The lowest BCUT2D eigenvalue weighted by Gasteiger charge is -2.31. The van der Waals surface area contributed by atoms with Gasteiger partial charge in [0.2, 0.25) is 0 Å². The van der Waals surface area contributed by atoms with Crippen LogP contribution in [0.5, 0.6) is 0 Å². The van der Waals surface area contributed by atoms with Crippen molar-refractivity contribution in [2.24, 2.45) is 5.92 Å². The van der Waals surface area contributed by atoms with Gasteiger partial charge in [0.05, 0.1) is 11.1 Å². The third kappa shape index (κ3) is 3.11. The molecule has 0 radical (unpaired) electrons. The number of piperidine rings is 1. The number of nitrogens with one attached hydrogen (secondary N) is 2. The molecule has 1 saturated heterocycles. The molecule has 7 nitrogen and oxygen atoms in total. The Bertz CT molecular complexity index is 463. The smallest absolute Gasteiger partial charge is 0.287 e. The Balaban J connectivity index is 1.95. The van der Waals surface area contributed by atoms with Crippen LogP contribution in [0.1, 0.15) is 23.3 Å². The summed E-state index contributed by atoms with van der Waals surface area (Å²) in [6.45, 7) is 2.38. The first kappa shape index (κ1) is 13.5. The third-order valence-electron chi connectivity index (χ3n) is 3.50. The van der Waals surface area contributed by atoms with Gasteiger partial charge in [-0.05, 0) is 32.4 Å². The molecule has 2 heterocycles. The van der Waals surface area contributed by atoms with Crippen LogP contribution in [0.3, 0.4) is 0 Å². The van der Waals surface area contributed by atoms with E-state index in [1.807, 2.05) is 7.05 Å². The number of hydrogen-bond donors (Lipinski definition) is 2. The lowest BCUT2D eigenvalue weighted by atomic mass is 9.96. The van der Waals surface area contributed by atoms with Crippen molar-refractivity contribution >= 4 is 11.6 Å². The summed E-state index contributed by atoms with van der Waals surface area (Å²) < 4.78 is 0. The molecule has 7 heteroatoms. The summed E-state index contributed by atoms with van der Waals surface area (Å²) in [5.41, 5.74) is 0.215. The van der Waals surface area contributed by atoms with E-state index < -0.39 is 4.92 Å². The number of rotatable bonds is 4. The minimum absolute atomic E-state index is 0.0755. The zero-order valence-electron chi connectivity index (χ0n) is 10.9. The van der Waals surface area contributed by atoms with E-state index in [1.165, 1.54) is 12.3 Å². The molecule has 1 aromatic rings. The van der Waals surface area contributed by atoms with Crippen LogP contribution in [-0.2, 0) is 0 Å². The van der Waals surface area contributed by atoms with Gasteiger partial charge in [-0.2, -0.15) is 0 Å². The van der Waals surface area contributed by atoms with E-state index in [2.05, 4.69) is 10.3 Å².